The Morgan fingerprint density at radius 1 is 0.882 bits per heavy atom. The van der Waals surface area contributed by atoms with Crippen LogP contribution >= 0.6 is 0 Å². The van der Waals surface area contributed by atoms with Crippen molar-refractivity contribution < 1.29 is 4.74 Å². The normalized spacial score (nSPS) is 22.4. The monoisotopic (exact) mass is 236 g/mol. The summed E-state index contributed by atoms with van der Waals surface area (Å²) in [5.41, 5.74) is 0. The van der Waals surface area contributed by atoms with Gasteiger partial charge in [0, 0.05) is 0 Å². The summed E-state index contributed by atoms with van der Waals surface area (Å²) in [5.74, 6) is 2.65. The van der Waals surface area contributed by atoms with Crippen LogP contribution in [0.4, 0.5) is 0 Å². The predicted molar refractivity (Wildman–Crippen MR) is 74.0 cm³/mol. The third-order valence-electron chi connectivity index (χ3n) is 3.59. The standard InChI is InChI=1S/C16H28O/c1-3-5-6-7-8-9-10-11-12-13-14-16-15(4-2)17-16/h2,15-16H,3,5-14H2,1H3. The summed E-state index contributed by atoms with van der Waals surface area (Å²) in [6.07, 6.45) is 20.9. The van der Waals surface area contributed by atoms with E-state index in [0.29, 0.717) is 6.10 Å². The highest BCUT2D eigenvalue weighted by molar-refractivity contribution is 5.07. The van der Waals surface area contributed by atoms with Gasteiger partial charge < -0.3 is 4.74 Å². The lowest BCUT2D eigenvalue weighted by Crippen LogP contribution is -1.91. The van der Waals surface area contributed by atoms with E-state index in [2.05, 4.69) is 12.8 Å². The minimum atomic E-state index is 0.147. The van der Waals surface area contributed by atoms with Crippen molar-refractivity contribution in [3.05, 3.63) is 0 Å². The number of terminal acetylenes is 1. The van der Waals surface area contributed by atoms with Crippen LogP contribution in [0.15, 0.2) is 0 Å². The van der Waals surface area contributed by atoms with Crippen molar-refractivity contribution >= 4 is 0 Å². The highest BCUT2D eigenvalue weighted by Crippen LogP contribution is 2.26. The van der Waals surface area contributed by atoms with Crippen molar-refractivity contribution in [1.82, 2.24) is 0 Å². The molecule has 1 rings (SSSR count). The van der Waals surface area contributed by atoms with Gasteiger partial charge in [-0.15, -0.1) is 6.42 Å². The van der Waals surface area contributed by atoms with Crippen LogP contribution in [0.1, 0.15) is 77.6 Å². The van der Waals surface area contributed by atoms with Gasteiger partial charge in [0.15, 0.2) is 0 Å². The van der Waals surface area contributed by atoms with Crippen LogP contribution in [0.5, 0.6) is 0 Å². The van der Waals surface area contributed by atoms with Gasteiger partial charge >= 0.3 is 0 Å². The first kappa shape index (κ1) is 14.6. The first-order chi connectivity index (χ1) is 8.38. The molecule has 0 amide bonds. The average Bonchev–Trinajstić information content (AvgIpc) is 3.10. The number of unbranched alkanes of at least 4 members (excludes halogenated alkanes) is 9. The van der Waals surface area contributed by atoms with Crippen LogP contribution in [-0.2, 0) is 4.74 Å². The number of hydrogen-bond acceptors (Lipinski definition) is 1. The van der Waals surface area contributed by atoms with E-state index >= 15 is 0 Å². The van der Waals surface area contributed by atoms with Gasteiger partial charge in [0.05, 0.1) is 6.10 Å². The molecule has 0 aromatic heterocycles. The van der Waals surface area contributed by atoms with Gasteiger partial charge in [-0.3, -0.25) is 0 Å². The second-order valence-electron chi connectivity index (χ2n) is 5.23. The van der Waals surface area contributed by atoms with Gasteiger partial charge in [-0.1, -0.05) is 77.1 Å². The molecule has 1 fully saturated rings. The van der Waals surface area contributed by atoms with Crippen molar-refractivity contribution in [2.75, 3.05) is 0 Å². The summed E-state index contributed by atoms with van der Waals surface area (Å²) >= 11 is 0. The molecule has 0 radical (unpaired) electrons. The topological polar surface area (TPSA) is 12.5 Å². The van der Waals surface area contributed by atoms with Gasteiger partial charge in [-0.05, 0) is 6.42 Å². The molecule has 1 nitrogen and oxygen atoms in total. The summed E-state index contributed by atoms with van der Waals surface area (Å²) in [6.45, 7) is 2.27. The van der Waals surface area contributed by atoms with Crippen molar-refractivity contribution in [2.24, 2.45) is 0 Å². The third kappa shape index (κ3) is 7.45. The van der Waals surface area contributed by atoms with Crippen molar-refractivity contribution in [1.29, 1.82) is 0 Å². The third-order valence-corrected chi connectivity index (χ3v) is 3.59. The van der Waals surface area contributed by atoms with E-state index < -0.39 is 0 Å². The quantitative estimate of drug-likeness (QED) is 0.288. The molecule has 2 atom stereocenters. The number of rotatable bonds is 11. The molecule has 1 heterocycles. The van der Waals surface area contributed by atoms with E-state index in [-0.39, 0.29) is 6.10 Å². The predicted octanol–water partition coefficient (Wildman–Crippen LogP) is 4.70. The molecule has 1 saturated heterocycles. The van der Waals surface area contributed by atoms with E-state index in [4.69, 9.17) is 11.2 Å². The number of epoxide rings is 1. The fourth-order valence-electron chi connectivity index (χ4n) is 2.34. The van der Waals surface area contributed by atoms with Gasteiger partial charge in [-0.2, -0.15) is 0 Å². The summed E-state index contributed by atoms with van der Waals surface area (Å²) in [6, 6.07) is 0. The molecule has 1 aliphatic heterocycles. The van der Waals surface area contributed by atoms with E-state index in [1.807, 2.05) is 0 Å². The highest BCUT2D eigenvalue weighted by Gasteiger charge is 2.35. The zero-order chi connectivity index (χ0) is 12.3. The number of hydrogen-bond donors (Lipinski definition) is 0. The molecule has 1 aliphatic rings. The lowest BCUT2D eigenvalue weighted by atomic mass is 10.0. The summed E-state index contributed by atoms with van der Waals surface area (Å²) in [4.78, 5) is 0. The molecule has 17 heavy (non-hydrogen) atoms. The Balaban J connectivity index is 1.69. The molecule has 0 saturated carbocycles. The van der Waals surface area contributed by atoms with Gasteiger partial charge in [0.1, 0.15) is 6.10 Å². The Morgan fingerprint density at radius 2 is 1.41 bits per heavy atom. The van der Waals surface area contributed by atoms with Crippen molar-refractivity contribution in [2.45, 2.75) is 89.8 Å². The second kappa shape index (κ2) is 9.54. The molecule has 0 bridgehead atoms. The lowest BCUT2D eigenvalue weighted by molar-refractivity contribution is 0.374. The second-order valence-corrected chi connectivity index (χ2v) is 5.23. The summed E-state index contributed by atoms with van der Waals surface area (Å²) < 4.78 is 5.31. The summed E-state index contributed by atoms with van der Waals surface area (Å²) in [5, 5.41) is 0. The minimum absolute atomic E-state index is 0.147. The highest BCUT2D eigenvalue weighted by atomic mass is 16.6. The Hall–Kier alpha value is -0.480. The largest absolute Gasteiger partial charge is 0.356 e. The molecule has 0 aromatic rings. The molecule has 0 aliphatic carbocycles. The zero-order valence-corrected chi connectivity index (χ0v) is 11.4. The van der Waals surface area contributed by atoms with Crippen molar-refractivity contribution in [3.8, 4) is 12.3 Å². The smallest absolute Gasteiger partial charge is 0.144 e. The van der Waals surface area contributed by atoms with E-state index in [0.717, 1.165) is 0 Å². The fourth-order valence-corrected chi connectivity index (χ4v) is 2.34. The molecule has 2 unspecified atom stereocenters. The van der Waals surface area contributed by atoms with E-state index in [9.17, 15) is 0 Å². The first-order valence-corrected chi connectivity index (χ1v) is 7.50. The minimum Gasteiger partial charge on any atom is -0.356 e. The van der Waals surface area contributed by atoms with Gasteiger partial charge in [-0.25, -0.2) is 0 Å². The van der Waals surface area contributed by atoms with Crippen LogP contribution in [-0.4, -0.2) is 12.2 Å². The molecule has 98 valence electrons. The van der Waals surface area contributed by atoms with Crippen LogP contribution in [0.3, 0.4) is 0 Å². The van der Waals surface area contributed by atoms with Crippen molar-refractivity contribution in [3.63, 3.8) is 0 Å². The molecule has 0 N–H and O–H groups in total. The maximum atomic E-state index is 5.31. The molecule has 1 heteroatoms. The zero-order valence-electron chi connectivity index (χ0n) is 11.4. The van der Waals surface area contributed by atoms with Gasteiger partial charge in [0.25, 0.3) is 0 Å². The molecular weight excluding hydrogens is 208 g/mol. The maximum absolute atomic E-state index is 5.31. The lowest BCUT2D eigenvalue weighted by Gasteiger charge is -2.01. The molecular formula is C16H28O. The molecule has 0 spiro atoms. The summed E-state index contributed by atoms with van der Waals surface area (Å²) in [7, 11) is 0. The van der Waals surface area contributed by atoms with Gasteiger partial charge in [0.2, 0.25) is 0 Å². The van der Waals surface area contributed by atoms with E-state index in [1.165, 1.54) is 70.6 Å². The number of ether oxygens (including phenoxy) is 1. The molecule has 0 aromatic carbocycles. The SMILES string of the molecule is C#CC1OC1CCCCCCCCCCCC. The fraction of sp³-hybridized carbons (Fsp3) is 0.875. The Bertz CT molecular complexity index is 216. The average molecular weight is 236 g/mol. The Kier molecular flexibility index (Phi) is 8.18. The Labute approximate surface area is 107 Å². The van der Waals surface area contributed by atoms with Crippen LogP contribution in [0, 0.1) is 12.3 Å². The Morgan fingerprint density at radius 3 is 1.88 bits per heavy atom. The van der Waals surface area contributed by atoms with E-state index in [1.54, 1.807) is 0 Å². The van der Waals surface area contributed by atoms with Crippen LogP contribution in [0.25, 0.3) is 0 Å². The first-order valence-electron chi connectivity index (χ1n) is 7.50. The van der Waals surface area contributed by atoms with Crippen LogP contribution < -0.4 is 0 Å². The maximum Gasteiger partial charge on any atom is 0.144 e. The van der Waals surface area contributed by atoms with Crippen LogP contribution in [0.2, 0.25) is 0 Å².